The van der Waals surface area contributed by atoms with Crippen molar-refractivity contribution in [1.82, 2.24) is 0 Å². The molecule has 0 fully saturated rings. The van der Waals surface area contributed by atoms with Gasteiger partial charge >= 0.3 is 5.97 Å². The highest BCUT2D eigenvalue weighted by Gasteiger charge is 2.13. The molecule has 5 nitrogen and oxygen atoms in total. The van der Waals surface area contributed by atoms with Crippen molar-refractivity contribution >= 4 is 23.8 Å². The van der Waals surface area contributed by atoms with E-state index in [0.717, 1.165) is 0 Å². The fourth-order valence-electron chi connectivity index (χ4n) is 1.23. The Labute approximate surface area is 104 Å². The SMILES string of the molecule is CCOc1cc(C=NO)cc(Cl)c1OC(C)=O. The summed E-state index contributed by atoms with van der Waals surface area (Å²) in [6, 6.07) is 3.06. The molecule has 0 saturated heterocycles. The Balaban J connectivity index is 3.21. The van der Waals surface area contributed by atoms with Crippen LogP contribution in [-0.2, 0) is 4.79 Å². The first-order chi connectivity index (χ1) is 8.08. The fourth-order valence-corrected chi connectivity index (χ4v) is 1.49. The van der Waals surface area contributed by atoms with Crippen LogP contribution in [-0.4, -0.2) is 24.0 Å². The number of hydrogen-bond acceptors (Lipinski definition) is 5. The van der Waals surface area contributed by atoms with Gasteiger partial charge in [0.05, 0.1) is 17.8 Å². The maximum absolute atomic E-state index is 10.9. The van der Waals surface area contributed by atoms with Gasteiger partial charge < -0.3 is 14.7 Å². The van der Waals surface area contributed by atoms with E-state index in [2.05, 4.69) is 5.16 Å². The Kier molecular flexibility index (Phi) is 4.78. The molecule has 0 radical (unpaired) electrons. The predicted octanol–water partition coefficient (Wildman–Crippen LogP) is 2.47. The van der Waals surface area contributed by atoms with Gasteiger partial charge in [0, 0.05) is 12.5 Å². The molecule has 1 aromatic carbocycles. The van der Waals surface area contributed by atoms with Crippen LogP contribution in [0, 0.1) is 0 Å². The van der Waals surface area contributed by atoms with Gasteiger partial charge in [-0.2, -0.15) is 0 Å². The summed E-state index contributed by atoms with van der Waals surface area (Å²) in [6.07, 6.45) is 1.20. The van der Waals surface area contributed by atoms with Crippen molar-refractivity contribution in [2.75, 3.05) is 6.61 Å². The second kappa shape index (κ2) is 6.10. The number of oxime groups is 1. The third-order valence-corrected chi connectivity index (χ3v) is 2.07. The lowest BCUT2D eigenvalue weighted by Gasteiger charge is -2.11. The molecule has 6 heteroatoms. The zero-order valence-corrected chi connectivity index (χ0v) is 10.2. The summed E-state index contributed by atoms with van der Waals surface area (Å²) < 4.78 is 10.3. The van der Waals surface area contributed by atoms with Crippen molar-refractivity contribution in [2.45, 2.75) is 13.8 Å². The van der Waals surface area contributed by atoms with E-state index in [1.54, 1.807) is 13.0 Å². The highest BCUT2D eigenvalue weighted by atomic mass is 35.5. The van der Waals surface area contributed by atoms with E-state index in [0.29, 0.717) is 17.9 Å². The largest absolute Gasteiger partial charge is 0.490 e. The van der Waals surface area contributed by atoms with E-state index in [1.807, 2.05) is 0 Å². The lowest BCUT2D eigenvalue weighted by Crippen LogP contribution is -2.05. The molecule has 0 saturated carbocycles. The van der Waals surface area contributed by atoms with Crippen molar-refractivity contribution in [2.24, 2.45) is 5.16 Å². The Morgan fingerprint density at radius 3 is 2.82 bits per heavy atom. The van der Waals surface area contributed by atoms with Crippen LogP contribution in [0.2, 0.25) is 5.02 Å². The molecule has 0 unspecified atom stereocenters. The molecule has 0 aliphatic heterocycles. The molecule has 0 aliphatic rings. The standard InChI is InChI=1S/C11H12ClNO4/c1-3-16-10-5-8(6-13-15)4-9(12)11(10)17-7(2)14/h4-6,15H,3H2,1-2H3. The molecular weight excluding hydrogens is 246 g/mol. The van der Waals surface area contributed by atoms with Crippen molar-refractivity contribution in [3.8, 4) is 11.5 Å². The van der Waals surface area contributed by atoms with Crippen molar-refractivity contribution in [3.05, 3.63) is 22.7 Å². The lowest BCUT2D eigenvalue weighted by atomic mass is 10.2. The third kappa shape index (κ3) is 3.64. The van der Waals surface area contributed by atoms with Gasteiger partial charge in [0.25, 0.3) is 0 Å². The molecule has 92 valence electrons. The molecule has 0 atom stereocenters. The van der Waals surface area contributed by atoms with Gasteiger partial charge in [-0.25, -0.2) is 0 Å². The second-order valence-corrected chi connectivity index (χ2v) is 3.51. The first-order valence-electron chi connectivity index (χ1n) is 4.90. The predicted molar refractivity (Wildman–Crippen MR) is 63.3 cm³/mol. The molecule has 17 heavy (non-hydrogen) atoms. The minimum Gasteiger partial charge on any atom is -0.490 e. The molecule has 1 aromatic rings. The zero-order valence-electron chi connectivity index (χ0n) is 9.44. The Morgan fingerprint density at radius 1 is 1.59 bits per heavy atom. The van der Waals surface area contributed by atoms with Gasteiger partial charge in [0.2, 0.25) is 0 Å². The molecule has 0 heterocycles. The van der Waals surface area contributed by atoms with E-state index >= 15 is 0 Å². The third-order valence-electron chi connectivity index (χ3n) is 1.78. The molecule has 1 N–H and O–H groups in total. The maximum atomic E-state index is 10.9. The summed E-state index contributed by atoms with van der Waals surface area (Å²) in [7, 11) is 0. The van der Waals surface area contributed by atoms with E-state index in [9.17, 15) is 4.79 Å². The van der Waals surface area contributed by atoms with Gasteiger partial charge in [-0.3, -0.25) is 4.79 Å². The summed E-state index contributed by atoms with van der Waals surface area (Å²) in [5.74, 6) is -0.00219. The van der Waals surface area contributed by atoms with E-state index in [1.165, 1.54) is 19.2 Å². The summed E-state index contributed by atoms with van der Waals surface area (Å²) in [5, 5.41) is 11.5. The fraction of sp³-hybridized carbons (Fsp3) is 0.273. The van der Waals surface area contributed by atoms with Gasteiger partial charge in [-0.15, -0.1) is 0 Å². The molecule has 0 aliphatic carbocycles. The zero-order chi connectivity index (χ0) is 12.8. The van der Waals surface area contributed by atoms with Crippen LogP contribution >= 0.6 is 11.6 Å². The van der Waals surface area contributed by atoms with E-state index in [4.69, 9.17) is 26.3 Å². The number of carbonyl (C=O) groups is 1. The molecule has 1 rings (SSSR count). The van der Waals surface area contributed by atoms with Crippen LogP contribution in [0.15, 0.2) is 17.3 Å². The van der Waals surface area contributed by atoms with E-state index in [-0.39, 0.29) is 10.8 Å². The average Bonchev–Trinajstić information content (AvgIpc) is 2.23. The van der Waals surface area contributed by atoms with Crippen LogP contribution in [0.1, 0.15) is 19.4 Å². The summed E-state index contributed by atoms with van der Waals surface area (Å²) in [6.45, 7) is 3.46. The maximum Gasteiger partial charge on any atom is 0.308 e. The molecule has 0 bridgehead atoms. The van der Waals surface area contributed by atoms with Crippen molar-refractivity contribution in [1.29, 1.82) is 0 Å². The quantitative estimate of drug-likeness (QED) is 0.296. The Hall–Kier alpha value is -1.75. The average molecular weight is 258 g/mol. The smallest absolute Gasteiger partial charge is 0.308 e. The van der Waals surface area contributed by atoms with Gasteiger partial charge in [-0.05, 0) is 19.1 Å². The Bertz CT molecular complexity index is 445. The topological polar surface area (TPSA) is 68.1 Å². The van der Waals surface area contributed by atoms with Crippen LogP contribution < -0.4 is 9.47 Å². The Morgan fingerprint density at radius 2 is 2.29 bits per heavy atom. The normalized spacial score (nSPS) is 10.5. The minimum absolute atomic E-state index is 0.163. The van der Waals surface area contributed by atoms with Crippen LogP contribution in [0.3, 0.4) is 0 Å². The van der Waals surface area contributed by atoms with Gasteiger partial charge in [0.15, 0.2) is 11.5 Å². The summed E-state index contributed by atoms with van der Waals surface area (Å²) >= 11 is 5.95. The monoisotopic (exact) mass is 257 g/mol. The second-order valence-electron chi connectivity index (χ2n) is 3.10. The van der Waals surface area contributed by atoms with Gasteiger partial charge in [0.1, 0.15) is 0 Å². The number of nitrogens with zero attached hydrogens (tertiary/aromatic N) is 1. The lowest BCUT2D eigenvalue weighted by molar-refractivity contribution is -0.132. The molecule has 0 aromatic heterocycles. The highest BCUT2D eigenvalue weighted by molar-refractivity contribution is 6.32. The first kappa shape index (κ1) is 13.3. The van der Waals surface area contributed by atoms with Crippen molar-refractivity contribution < 1.29 is 19.5 Å². The minimum atomic E-state index is -0.489. The van der Waals surface area contributed by atoms with Gasteiger partial charge in [-0.1, -0.05) is 16.8 Å². The van der Waals surface area contributed by atoms with E-state index < -0.39 is 5.97 Å². The van der Waals surface area contributed by atoms with Crippen LogP contribution in [0.5, 0.6) is 11.5 Å². The number of halogens is 1. The molecular formula is C11H12ClNO4. The number of rotatable bonds is 4. The number of esters is 1. The summed E-state index contributed by atoms with van der Waals surface area (Å²) in [5.41, 5.74) is 0.539. The van der Waals surface area contributed by atoms with Crippen LogP contribution in [0.25, 0.3) is 0 Å². The summed E-state index contributed by atoms with van der Waals surface area (Å²) in [4.78, 5) is 10.9. The highest BCUT2D eigenvalue weighted by Crippen LogP contribution is 2.36. The van der Waals surface area contributed by atoms with Crippen molar-refractivity contribution in [3.63, 3.8) is 0 Å². The number of benzene rings is 1. The number of hydrogen-bond donors (Lipinski definition) is 1. The number of carbonyl (C=O) groups excluding carboxylic acids is 1. The van der Waals surface area contributed by atoms with Crippen LogP contribution in [0.4, 0.5) is 0 Å². The molecule has 0 spiro atoms. The number of ether oxygens (including phenoxy) is 2. The first-order valence-corrected chi connectivity index (χ1v) is 5.28. The molecule has 0 amide bonds.